The molecule has 4 heteroatoms. The van der Waals surface area contributed by atoms with Crippen LogP contribution in [0.15, 0.2) is 29.7 Å². The van der Waals surface area contributed by atoms with E-state index in [1.807, 2.05) is 23.9 Å². The molecule has 0 saturated heterocycles. The first-order valence-electron chi connectivity index (χ1n) is 6.18. The Morgan fingerprint density at radius 1 is 1.56 bits per heavy atom. The summed E-state index contributed by atoms with van der Waals surface area (Å²) in [6.45, 7) is 2.73. The van der Waals surface area contributed by atoms with Gasteiger partial charge in [0, 0.05) is 16.8 Å². The molecule has 1 heterocycles. The van der Waals surface area contributed by atoms with E-state index in [2.05, 4.69) is 17.3 Å². The summed E-state index contributed by atoms with van der Waals surface area (Å²) in [6.07, 6.45) is 9.19. The summed E-state index contributed by atoms with van der Waals surface area (Å²) < 4.78 is 7.39. The Balaban J connectivity index is 2.18. The molecule has 0 spiro atoms. The van der Waals surface area contributed by atoms with Crippen LogP contribution < -0.4 is 16.3 Å². The average Bonchev–Trinajstić information content (AvgIpc) is 2.88. The molecular weight excluding hydrogens is 226 g/mol. The molecule has 1 aromatic heterocycles. The molecule has 1 atom stereocenters. The highest BCUT2D eigenvalue weighted by Gasteiger charge is 2.20. The van der Waals surface area contributed by atoms with Gasteiger partial charge in [-0.15, -0.1) is 0 Å². The molecule has 0 unspecified atom stereocenters. The van der Waals surface area contributed by atoms with E-state index >= 15 is 0 Å². The Labute approximate surface area is 106 Å². The predicted octanol–water partition coefficient (Wildman–Crippen LogP) is 0.0355. The summed E-state index contributed by atoms with van der Waals surface area (Å²) in [4.78, 5) is 0. The van der Waals surface area contributed by atoms with Crippen molar-refractivity contribution in [3.63, 3.8) is 0 Å². The third-order valence-corrected chi connectivity index (χ3v) is 3.35. The van der Waals surface area contributed by atoms with Crippen LogP contribution in [0.1, 0.15) is 13.3 Å². The quantitative estimate of drug-likeness (QED) is 0.815. The highest BCUT2D eigenvalue weighted by atomic mass is 16.5. The number of fused-ring (bicyclic) bond motifs is 2. The predicted molar refractivity (Wildman–Crippen MR) is 70.8 cm³/mol. The molecule has 0 saturated carbocycles. The zero-order valence-electron chi connectivity index (χ0n) is 10.7. The van der Waals surface area contributed by atoms with Gasteiger partial charge in [-0.1, -0.05) is 6.08 Å². The Kier molecular flexibility index (Phi) is 2.59. The molecule has 0 amide bonds. The molecule has 0 aromatic carbocycles. The number of aromatic nitrogens is 2. The molecule has 2 aliphatic rings. The average molecular weight is 243 g/mol. The van der Waals surface area contributed by atoms with E-state index in [1.165, 1.54) is 16.4 Å². The second-order valence-electron chi connectivity index (χ2n) is 4.81. The minimum atomic E-state index is 0.101. The van der Waals surface area contributed by atoms with Gasteiger partial charge in [0.05, 0.1) is 25.2 Å². The van der Waals surface area contributed by atoms with Crippen LogP contribution in [0.3, 0.4) is 0 Å². The van der Waals surface area contributed by atoms with Crippen molar-refractivity contribution in [1.82, 2.24) is 9.78 Å². The summed E-state index contributed by atoms with van der Waals surface area (Å²) in [6, 6.07) is 0.101. The van der Waals surface area contributed by atoms with Crippen LogP contribution >= 0.6 is 0 Å². The van der Waals surface area contributed by atoms with Gasteiger partial charge in [0.15, 0.2) is 0 Å². The lowest BCUT2D eigenvalue weighted by Gasteiger charge is -2.12. The second-order valence-corrected chi connectivity index (χ2v) is 4.81. The van der Waals surface area contributed by atoms with E-state index in [4.69, 9.17) is 10.5 Å². The first-order chi connectivity index (χ1) is 8.70. The zero-order chi connectivity index (χ0) is 12.7. The first kappa shape index (κ1) is 11.3. The monoisotopic (exact) mass is 243 g/mol. The highest BCUT2D eigenvalue weighted by molar-refractivity contribution is 5.84. The van der Waals surface area contributed by atoms with Crippen molar-refractivity contribution in [3.05, 3.63) is 40.2 Å². The van der Waals surface area contributed by atoms with Crippen LogP contribution in [0.5, 0.6) is 0 Å². The number of allylic oxidation sites excluding steroid dienone is 3. The lowest BCUT2D eigenvalue weighted by atomic mass is 9.99. The molecule has 0 aliphatic heterocycles. The van der Waals surface area contributed by atoms with Crippen molar-refractivity contribution in [2.45, 2.75) is 25.9 Å². The number of nitrogens with zero attached hydrogens (tertiary/aromatic N) is 2. The van der Waals surface area contributed by atoms with E-state index in [-0.39, 0.29) is 6.04 Å². The molecule has 2 N–H and O–H groups in total. The van der Waals surface area contributed by atoms with E-state index in [1.54, 1.807) is 7.11 Å². The number of nitrogens with two attached hydrogens (primary N) is 1. The summed E-state index contributed by atoms with van der Waals surface area (Å²) in [7, 11) is 1.71. The Morgan fingerprint density at radius 3 is 3.11 bits per heavy atom. The summed E-state index contributed by atoms with van der Waals surface area (Å²) in [5.41, 5.74) is 8.34. The molecular formula is C14H17N3O. The number of hydrogen-bond acceptors (Lipinski definition) is 3. The SMILES string of the molecule is COC1=C2C=c3c(cnn3C[C@H](C)N)=C2CC=C1. The normalized spacial score (nSPS) is 18.5. The van der Waals surface area contributed by atoms with Crippen molar-refractivity contribution in [2.24, 2.45) is 5.73 Å². The van der Waals surface area contributed by atoms with Crippen LogP contribution in [0.25, 0.3) is 11.6 Å². The lowest BCUT2D eigenvalue weighted by molar-refractivity contribution is 0.304. The van der Waals surface area contributed by atoms with Crippen molar-refractivity contribution in [3.8, 4) is 0 Å². The van der Waals surface area contributed by atoms with Gasteiger partial charge in [0.1, 0.15) is 5.76 Å². The standard InChI is InChI=1S/C14H17N3O/c1-9(15)8-17-13-6-11-10(12(13)7-16-17)4-3-5-14(11)18-2/h3,5-7,9H,4,8,15H2,1-2H3/t9-/m0/s1. The molecule has 4 nitrogen and oxygen atoms in total. The van der Waals surface area contributed by atoms with Gasteiger partial charge in [0.25, 0.3) is 0 Å². The Morgan fingerprint density at radius 2 is 2.39 bits per heavy atom. The fourth-order valence-electron chi connectivity index (χ4n) is 2.56. The van der Waals surface area contributed by atoms with E-state index < -0.39 is 0 Å². The third kappa shape index (κ3) is 1.61. The molecule has 1 aromatic rings. The zero-order valence-corrected chi connectivity index (χ0v) is 10.7. The Hall–Kier alpha value is -1.81. The van der Waals surface area contributed by atoms with Crippen molar-refractivity contribution in [1.29, 1.82) is 0 Å². The van der Waals surface area contributed by atoms with Gasteiger partial charge in [-0.25, -0.2) is 0 Å². The largest absolute Gasteiger partial charge is 0.496 e. The van der Waals surface area contributed by atoms with E-state index in [9.17, 15) is 0 Å². The van der Waals surface area contributed by atoms with Gasteiger partial charge in [0.2, 0.25) is 0 Å². The maximum absolute atomic E-state index is 5.85. The summed E-state index contributed by atoms with van der Waals surface area (Å²) >= 11 is 0. The van der Waals surface area contributed by atoms with Crippen molar-refractivity contribution in [2.75, 3.05) is 7.11 Å². The fourth-order valence-corrected chi connectivity index (χ4v) is 2.56. The van der Waals surface area contributed by atoms with E-state index in [0.29, 0.717) is 0 Å². The molecule has 0 fully saturated rings. The topological polar surface area (TPSA) is 53.1 Å². The van der Waals surface area contributed by atoms with Gasteiger partial charge in [-0.05, 0) is 31.1 Å². The minimum absolute atomic E-state index is 0.101. The molecule has 2 aliphatic carbocycles. The highest BCUT2D eigenvalue weighted by Crippen LogP contribution is 2.27. The van der Waals surface area contributed by atoms with Gasteiger partial charge in [-0.2, -0.15) is 5.10 Å². The molecule has 0 radical (unpaired) electrons. The third-order valence-electron chi connectivity index (χ3n) is 3.35. The van der Waals surface area contributed by atoms with Gasteiger partial charge in [-0.3, -0.25) is 4.68 Å². The summed E-state index contributed by atoms with van der Waals surface area (Å²) in [5, 5.41) is 6.78. The van der Waals surface area contributed by atoms with Crippen LogP contribution in [0.2, 0.25) is 0 Å². The van der Waals surface area contributed by atoms with Crippen LogP contribution in [-0.2, 0) is 11.3 Å². The number of hydrogen-bond donors (Lipinski definition) is 1. The smallest absolute Gasteiger partial charge is 0.126 e. The maximum Gasteiger partial charge on any atom is 0.126 e. The Bertz CT molecular complexity index is 662. The molecule has 0 bridgehead atoms. The van der Waals surface area contributed by atoms with Crippen molar-refractivity contribution < 1.29 is 4.74 Å². The first-order valence-corrected chi connectivity index (χ1v) is 6.18. The van der Waals surface area contributed by atoms with Crippen molar-refractivity contribution >= 4 is 11.6 Å². The number of ether oxygens (including phenoxy) is 1. The lowest BCUT2D eigenvalue weighted by Crippen LogP contribution is -2.33. The summed E-state index contributed by atoms with van der Waals surface area (Å²) in [5.74, 6) is 0.930. The number of methoxy groups -OCH3 is 1. The maximum atomic E-state index is 5.85. The molecule has 3 rings (SSSR count). The second kappa shape index (κ2) is 4.14. The molecule has 94 valence electrons. The van der Waals surface area contributed by atoms with Gasteiger partial charge >= 0.3 is 0 Å². The van der Waals surface area contributed by atoms with E-state index in [0.717, 1.165) is 24.1 Å². The van der Waals surface area contributed by atoms with Crippen LogP contribution in [-0.4, -0.2) is 22.9 Å². The van der Waals surface area contributed by atoms with Crippen LogP contribution in [0, 0.1) is 0 Å². The minimum Gasteiger partial charge on any atom is -0.496 e. The fraction of sp³-hybridized carbons (Fsp3) is 0.357. The molecule has 18 heavy (non-hydrogen) atoms. The van der Waals surface area contributed by atoms with Gasteiger partial charge < -0.3 is 10.5 Å². The number of rotatable bonds is 3. The van der Waals surface area contributed by atoms with Crippen LogP contribution in [0.4, 0.5) is 0 Å².